The van der Waals surface area contributed by atoms with Crippen LogP contribution >= 0.6 is 12.6 Å². The van der Waals surface area contributed by atoms with Gasteiger partial charge in [0.1, 0.15) is 36.3 Å². The van der Waals surface area contributed by atoms with Crippen LogP contribution < -0.4 is 37.2 Å². The number of nitrogens with zero attached hydrogens (tertiary/aromatic N) is 1. The fourth-order valence-corrected chi connectivity index (χ4v) is 5.17. The zero-order valence-electron chi connectivity index (χ0n) is 31.7. The molecule has 9 N–H and O–H groups in total. The third-order valence-electron chi connectivity index (χ3n) is 8.03. The molecule has 56 heavy (non-hydrogen) atoms. The standard InChI is InChI=1S/C34H50N8O13S/c1-16(2)27(33(52)35-18(5)29(48)39-24(15-56)32(51)37-20-7-9-21(10-8-20)42(54)55)41-34(53)28(17(3)4)40-31(50)23(12-14-26(46)47)38-30(49)22(36-19(6)43)11-13-25(44)45/h7-10,16-18,22-24,27-28,56H,11-15H2,1-6H3,(H,35,52)(H,36,43)(H,37,51)(H,38,49)(H,39,48)(H,40,50)(H,41,53)(H,44,45)(H,46,47). The Morgan fingerprint density at radius 2 is 1.05 bits per heavy atom. The first-order chi connectivity index (χ1) is 26.1. The van der Waals surface area contributed by atoms with Crippen LogP contribution in [0.2, 0.25) is 0 Å². The molecule has 6 atom stereocenters. The molecule has 1 aromatic rings. The van der Waals surface area contributed by atoms with Crippen molar-refractivity contribution >= 4 is 77.3 Å². The van der Waals surface area contributed by atoms with Crippen molar-refractivity contribution in [1.29, 1.82) is 0 Å². The van der Waals surface area contributed by atoms with E-state index in [1.165, 1.54) is 31.2 Å². The summed E-state index contributed by atoms with van der Waals surface area (Å²) in [5.74, 6) is -9.59. The lowest BCUT2D eigenvalue weighted by atomic mass is 9.98. The van der Waals surface area contributed by atoms with E-state index in [-0.39, 0.29) is 23.5 Å². The van der Waals surface area contributed by atoms with Gasteiger partial charge >= 0.3 is 11.9 Å². The Kier molecular flexibility index (Phi) is 20.0. The second-order valence-corrected chi connectivity index (χ2v) is 13.8. The fourth-order valence-electron chi connectivity index (χ4n) is 4.91. The number of carboxylic acid groups (broad SMARTS) is 2. The molecule has 21 nitrogen and oxygen atoms in total. The highest BCUT2D eigenvalue weighted by molar-refractivity contribution is 7.80. The van der Waals surface area contributed by atoms with E-state index in [9.17, 15) is 58.4 Å². The van der Waals surface area contributed by atoms with Crippen molar-refractivity contribution in [2.45, 2.75) is 103 Å². The lowest BCUT2D eigenvalue weighted by molar-refractivity contribution is -0.384. The number of anilines is 1. The summed E-state index contributed by atoms with van der Waals surface area (Å²) in [5.41, 5.74) is 0.0271. The van der Waals surface area contributed by atoms with E-state index in [0.717, 1.165) is 6.92 Å². The van der Waals surface area contributed by atoms with Crippen molar-refractivity contribution in [3.8, 4) is 0 Å². The van der Waals surface area contributed by atoms with Gasteiger partial charge < -0.3 is 47.4 Å². The van der Waals surface area contributed by atoms with Gasteiger partial charge in [-0.3, -0.25) is 53.3 Å². The van der Waals surface area contributed by atoms with Crippen molar-refractivity contribution in [3.63, 3.8) is 0 Å². The number of rotatable bonds is 23. The van der Waals surface area contributed by atoms with Crippen molar-refractivity contribution < 1.29 is 58.3 Å². The second-order valence-electron chi connectivity index (χ2n) is 13.4. The van der Waals surface area contributed by atoms with Crippen molar-refractivity contribution in [3.05, 3.63) is 34.4 Å². The maximum absolute atomic E-state index is 13.6. The largest absolute Gasteiger partial charge is 0.481 e. The van der Waals surface area contributed by atoms with Crippen LogP contribution in [-0.2, 0) is 43.2 Å². The summed E-state index contributed by atoms with van der Waals surface area (Å²) >= 11 is 4.11. The van der Waals surface area contributed by atoms with E-state index >= 15 is 0 Å². The molecule has 0 saturated heterocycles. The molecular formula is C34H50N8O13S. The van der Waals surface area contributed by atoms with Crippen LogP contribution in [0.4, 0.5) is 11.4 Å². The van der Waals surface area contributed by atoms with E-state index in [1.54, 1.807) is 27.7 Å². The minimum absolute atomic E-state index is 0.153. The number of hydrogen-bond donors (Lipinski definition) is 10. The molecule has 0 saturated carbocycles. The quantitative estimate of drug-likeness (QED) is 0.0378. The average Bonchev–Trinajstić information content (AvgIpc) is 3.10. The predicted octanol–water partition coefficient (Wildman–Crippen LogP) is -0.547. The van der Waals surface area contributed by atoms with E-state index in [4.69, 9.17) is 5.11 Å². The first kappa shape index (κ1) is 48.2. The molecule has 0 spiro atoms. The van der Waals surface area contributed by atoms with Crippen LogP contribution in [0.15, 0.2) is 24.3 Å². The number of nitrogens with one attached hydrogen (secondary N) is 7. The number of benzene rings is 1. The molecule has 0 heterocycles. The third kappa shape index (κ3) is 16.7. The molecule has 1 rings (SSSR count). The molecule has 0 radical (unpaired) electrons. The highest BCUT2D eigenvalue weighted by Crippen LogP contribution is 2.16. The highest BCUT2D eigenvalue weighted by Gasteiger charge is 2.34. The summed E-state index contributed by atoms with van der Waals surface area (Å²) in [6, 6.07) is -2.92. The lowest BCUT2D eigenvalue weighted by Crippen LogP contribution is -2.61. The Morgan fingerprint density at radius 3 is 1.48 bits per heavy atom. The minimum Gasteiger partial charge on any atom is -0.481 e. The highest BCUT2D eigenvalue weighted by atomic mass is 32.1. The van der Waals surface area contributed by atoms with Gasteiger partial charge in [-0.15, -0.1) is 0 Å². The monoisotopic (exact) mass is 810 g/mol. The third-order valence-corrected chi connectivity index (χ3v) is 8.39. The SMILES string of the molecule is CC(=O)NC(CCC(=O)O)C(=O)NC(CCC(=O)O)C(=O)NC(C(=O)NC(C(=O)NC(C)C(=O)NC(CS)C(=O)Nc1ccc([N+](=O)[O-])cc1)C(C)C)C(C)C. The van der Waals surface area contributed by atoms with Gasteiger partial charge in [0.15, 0.2) is 0 Å². The number of carbonyl (C=O) groups excluding carboxylic acids is 7. The van der Waals surface area contributed by atoms with E-state index in [2.05, 4.69) is 49.8 Å². The molecular weight excluding hydrogens is 760 g/mol. The van der Waals surface area contributed by atoms with Crippen LogP contribution in [0.3, 0.4) is 0 Å². The molecule has 0 aliphatic heterocycles. The maximum atomic E-state index is 13.6. The van der Waals surface area contributed by atoms with E-state index in [1.807, 2.05) is 0 Å². The zero-order chi connectivity index (χ0) is 42.9. The number of amides is 7. The van der Waals surface area contributed by atoms with Gasteiger partial charge in [-0.2, -0.15) is 12.6 Å². The number of carbonyl (C=O) groups is 9. The lowest BCUT2D eigenvalue weighted by Gasteiger charge is -2.29. The first-order valence-electron chi connectivity index (χ1n) is 17.5. The molecule has 0 aliphatic carbocycles. The van der Waals surface area contributed by atoms with E-state index < -0.39 is 126 Å². The zero-order valence-corrected chi connectivity index (χ0v) is 32.6. The van der Waals surface area contributed by atoms with Gasteiger partial charge in [0.2, 0.25) is 41.4 Å². The van der Waals surface area contributed by atoms with Crippen molar-refractivity contribution in [2.75, 3.05) is 11.1 Å². The summed E-state index contributed by atoms with van der Waals surface area (Å²) in [4.78, 5) is 123. The van der Waals surface area contributed by atoms with Crippen LogP contribution in [0.1, 0.15) is 67.2 Å². The molecule has 0 aliphatic rings. The summed E-state index contributed by atoms with van der Waals surface area (Å²) in [6.45, 7) is 8.77. The Hall–Kier alpha value is -5.80. The number of aliphatic carboxylic acids is 2. The Morgan fingerprint density at radius 1 is 0.625 bits per heavy atom. The van der Waals surface area contributed by atoms with Crippen LogP contribution in [0.5, 0.6) is 0 Å². The van der Waals surface area contributed by atoms with Crippen molar-refractivity contribution in [1.82, 2.24) is 31.9 Å². The average molecular weight is 811 g/mol. The number of carboxylic acids is 2. The molecule has 0 fully saturated rings. The molecule has 1 aromatic carbocycles. The van der Waals surface area contributed by atoms with E-state index in [0.29, 0.717) is 0 Å². The molecule has 7 amide bonds. The maximum Gasteiger partial charge on any atom is 0.303 e. The topological polar surface area (TPSA) is 321 Å². The van der Waals surface area contributed by atoms with Gasteiger partial charge in [-0.1, -0.05) is 27.7 Å². The molecule has 310 valence electrons. The van der Waals surface area contributed by atoms with Gasteiger partial charge in [-0.25, -0.2) is 0 Å². The fraction of sp³-hybridized carbons (Fsp3) is 0.559. The van der Waals surface area contributed by atoms with Crippen molar-refractivity contribution in [2.24, 2.45) is 11.8 Å². The van der Waals surface area contributed by atoms with Gasteiger partial charge in [0, 0.05) is 43.3 Å². The predicted molar refractivity (Wildman–Crippen MR) is 202 cm³/mol. The number of non-ortho nitro benzene ring substituents is 1. The first-order valence-corrected chi connectivity index (χ1v) is 18.1. The number of hydrogen-bond acceptors (Lipinski definition) is 12. The number of thiol groups is 1. The number of nitro groups is 1. The Balaban J connectivity index is 3.06. The summed E-state index contributed by atoms with van der Waals surface area (Å²) < 4.78 is 0. The summed E-state index contributed by atoms with van der Waals surface area (Å²) in [5, 5.41) is 46.2. The Bertz CT molecular complexity index is 1620. The van der Waals surface area contributed by atoms with Crippen LogP contribution in [-0.4, -0.2) is 110 Å². The normalized spacial score (nSPS) is 14.1. The molecule has 0 bridgehead atoms. The summed E-state index contributed by atoms with van der Waals surface area (Å²) in [7, 11) is 0. The van der Waals surface area contributed by atoms with Crippen LogP contribution in [0.25, 0.3) is 0 Å². The van der Waals surface area contributed by atoms with Gasteiger partial charge in [-0.05, 0) is 43.7 Å². The number of nitro benzene ring substituents is 1. The Labute approximate surface area is 327 Å². The summed E-state index contributed by atoms with van der Waals surface area (Å²) in [6.07, 6.45) is -1.86. The second kappa shape index (κ2) is 23.2. The smallest absolute Gasteiger partial charge is 0.303 e. The van der Waals surface area contributed by atoms with Crippen LogP contribution in [0, 0.1) is 22.0 Å². The molecule has 0 aromatic heterocycles. The minimum atomic E-state index is -1.53. The van der Waals surface area contributed by atoms with Gasteiger partial charge in [0.05, 0.1) is 4.92 Å². The molecule has 6 unspecified atom stereocenters. The van der Waals surface area contributed by atoms with Gasteiger partial charge in [0.25, 0.3) is 5.69 Å². The molecule has 22 heteroatoms.